The Hall–Kier alpha value is -2.24. The molecule has 2 aromatic carbocycles. The summed E-state index contributed by atoms with van der Waals surface area (Å²) in [6, 6.07) is 12.6. The van der Waals surface area contributed by atoms with Crippen molar-refractivity contribution in [1.29, 1.82) is 0 Å². The first kappa shape index (κ1) is 20.5. The Morgan fingerprint density at radius 1 is 0.714 bits per heavy atom. The van der Waals surface area contributed by atoms with E-state index in [9.17, 15) is 0 Å². The van der Waals surface area contributed by atoms with Crippen LogP contribution in [0, 0.1) is 6.92 Å². The number of hydrogen-bond donors (Lipinski definition) is 0. The van der Waals surface area contributed by atoms with Crippen molar-refractivity contribution in [1.82, 2.24) is 9.80 Å². The monoisotopic (exact) mass is 384 g/mol. The van der Waals surface area contributed by atoms with Gasteiger partial charge in [-0.2, -0.15) is 0 Å². The first-order chi connectivity index (χ1) is 13.6. The van der Waals surface area contributed by atoms with Crippen molar-refractivity contribution in [2.45, 2.75) is 26.4 Å². The molecule has 152 valence electrons. The van der Waals surface area contributed by atoms with Crippen LogP contribution in [0.2, 0.25) is 0 Å². The van der Waals surface area contributed by atoms with E-state index in [2.05, 4.69) is 41.0 Å². The second-order valence-electron chi connectivity index (χ2n) is 7.35. The van der Waals surface area contributed by atoms with Gasteiger partial charge in [-0.1, -0.05) is 24.3 Å². The number of hydrogen-bond acceptors (Lipinski definition) is 5. The molecule has 0 aromatic heterocycles. The van der Waals surface area contributed by atoms with Crippen LogP contribution in [-0.2, 0) is 13.1 Å². The smallest absolute Gasteiger partial charge is 0.164 e. The minimum Gasteiger partial charge on any atom is -0.496 e. The van der Waals surface area contributed by atoms with E-state index < -0.39 is 0 Å². The van der Waals surface area contributed by atoms with E-state index in [0.29, 0.717) is 5.75 Å². The fourth-order valence-corrected chi connectivity index (χ4v) is 3.83. The zero-order valence-electron chi connectivity index (χ0n) is 17.5. The van der Waals surface area contributed by atoms with E-state index >= 15 is 0 Å². The highest BCUT2D eigenvalue weighted by Crippen LogP contribution is 2.35. The van der Waals surface area contributed by atoms with E-state index in [4.69, 9.17) is 14.2 Å². The lowest BCUT2D eigenvalue weighted by atomic mass is 10.1. The standard InChI is InChI=1S/C23H32N2O3/c1-18-8-5-6-9-19(18)16-24-10-7-11-25(13-12-24)17-20-14-22(27-3)23(28-4)15-21(20)26-2/h5-6,8-9,14-15H,7,10-13,16-17H2,1-4H3. The summed E-state index contributed by atoms with van der Waals surface area (Å²) in [6.45, 7) is 8.41. The van der Waals surface area contributed by atoms with E-state index in [1.807, 2.05) is 12.1 Å². The maximum atomic E-state index is 5.60. The summed E-state index contributed by atoms with van der Waals surface area (Å²) in [4.78, 5) is 5.07. The molecule has 3 rings (SSSR count). The molecular weight excluding hydrogens is 352 g/mol. The first-order valence-corrected chi connectivity index (χ1v) is 9.92. The van der Waals surface area contributed by atoms with Crippen LogP contribution in [0.15, 0.2) is 36.4 Å². The highest BCUT2D eigenvalue weighted by molar-refractivity contribution is 5.50. The SMILES string of the molecule is COc1cc(OC)c(OC)cc1CN1CCCN(Cc2ccccc2C)CC1. The number of nitrogens with zero attached hydrogens (tertiary/aromatic N) is 2. The van der Waals surface area contributed by atoms with Crippen LogP contribution < -0.4 is 14.2 Å². The van der Waals surface area contributed by atoms with Crippen molar-refractivity contribution in [3.05, 3.63) is 53.1 Å². The van der Waals surface area contributed by atoms with Crippen LogP contribution in [0.5, 0.6) is 17.2 Å². The van der Waals surface area contributed by atoms with Crippen molar-refractivity contribution in [3.63, 3.8) is 0 Å². The average Bonchev–Trinajstić information content (AvgIpc) is 2.94. The molecule has 5 heteroatoms. The molecule has 0 bridgehead atoms. The maximum absolute atomic E-state index is 5.60. The molecule has 1 aliphatic heterocycles. The topological polar surface area (TPSA) is 34.2 Å². The molecule has 1 saturated heterocycles. The van der Waals surface area contributed by atoms with Gasteiger partial charge in [0.2, 0.25) is 0 Å². The molecule has 1 aliphatic rings. The summed E-state index contributed by atoms with van der Waals surface area (Å²) in [5.74, 6) is 2.29. The Kier molecular flexibility index (Phi) is 7.18. The number of aryl methyl sites for hydroxylation is 1. The third-order valence-corrected chi connectivity index (χ3v) is 5.52. The fourth-order valence-electron chi connectivity index (χ4n) is 3.83. The zero-order chi connectivity index (χ0) is 19.9. The molecular formula is C23H32N2O3. The number of ether oxygens (including phenoxy) is 3. The first-order valence-electron chi connectivity index (χ1n) is 9.92. The van der Waals surface area contributed by atoms with Gasteiger partial charge in [0.15, 0.2) is 11.5 Å². The van der Waals surface area contributed by atoms with Gasteiger partial charge < -0.3 is 14.2 Å². The Balaban J connectivity index is 1.65. The Morgan fingerprint density at radius 3 is 1.89 bits per heavy atom. The molecule has 0 amide bonds. The van der Waals surface area contributed by atoms with E-state index in [1.165, 1.54) is 17.5 Å². The highest BCUT2D eigenvalue weighted by atomic mass is 16.5. The average molecular weight is 385 g/mol. The van der Waals surface area contributed by atoms with Gasteiger partial charge in [-0.3, -0.25) is 9.80 Å². The highest BCUT2D eigenvalue weighted by Gasteiger charge is 2.19. The van der Waals surface area contributed by atoms with Gasteiger partial charge in [-0.25, -0.2) is 0 Å². The van der Waals surface area contributed by atoms with Gasteiger partial charge in [0, 0.05) is 37.8 Å². The predicted molar refractivity (Wildman–Crippen MR) is 112 cm³/mol. The van der Waals surface area contributed by atoms with Crippen molar-refractivity contribution in [2.75, 3.05) is 47.5 Å². The molecule has 5 nitrogen and oxygen atoms in total. The number of rotatable bonds is 7. The third-order valence-electron chi connectivity index (χ3n) is 5.52. The molecule has 0 spiro atoms. The van der Waals surface area contributed by atoms with Crippen molar-refractivity contribution < 1.29 is 14.2 Å². The van der Waals surface area contributed by atoms with Crippen LogP contribution in [0.1, 0.15) is 23.1 Å². The quantitative estimate of drug-likeness (QED) is 0.727. The van der Waals surface area contributed by atoms with Crippen LogP contribution >= 0.6 is 0 Å². The molecule has 0 aliphatic carbocycles. The van der Waals surface area contributed by atoms with Crippen molar-refractivity contribution >= 4 is 0 Å². The largest absolute Gasteiger partial charge is 0.496 e. The van der Waals surface area contributed by atoms with Crippen LogP contribution in [0.25, 0.3) is 0 Å². The third kappa shape index (κ3) is 4.97. The normalized spacial score (nSPS) is 15.9. The van der Waals surface area contributed by atoms with E-state index in [0.717, 1.165) is 56.3 Å². The molecule has 0 unspecified atom stereocenters. The summed E-state index contributed by atoms with van der Waals surface area (Å²) in [7, 11) is 5.02. The number of methoxy groups -OCH3 is 3. The molecule has 2 aromatic rings. The van der Waals surface area contributed by atoms with E-state index in [-0.39, 0.29) is 0 Å². The molecule has 0 N–H and O–H groups in total. The molecule has 0 atom stereocenters. The van der Waals surface area contributed by atoms with Crippen LogP contribution in [0.3, 0.4) is 0 Å². The van der Waals surface area contributed by atoms with Gasteiger partial charge in [-0.15, -0.1) is 0 Å². The lowest BCUT2D eigenvalue weighted by Crippen LogP contribution is -2.30. The van der Waals surface area contributed by atoms with Crippen LogP contribution in [0.4, 0.5) is 0 Å². The molecule has 28 heavy (non-hydrogen) atoms. The lowest BCUT2D eigenvalue weighted by molar-refractivity contribution is 0.244. The summed E-state index contributed by atoms with van der Waals surface area (Å²) in [5, 5.41) is 0. The summed E-state index contributed by atoms with van der Waals surface area (Å²) >= 11 is 0. The minimum atomic E-state index is 0.698. The van der Waals surface area contributed by atoms with E-state index in [1.54, 1.807) is 21.3 Å². The van der Waals surface area contributed by atoms with Gasteiger partial charge in [0.1, 0.15) is 5.75 Å². The maximum Gasteiger partial charge on any atom is 0.164 e. The summed E-state index contributed by atoms with van der Waals surface area (Å²) in [6.07, 6.45) is 1.17. The lowest BCUT2D eigenvalue weighted by Gasteiger charge is -2.23. The zero-order valence-corrected chi connectivity index (χ0v) is 17.5. The number of benzene rings is 2. The Bertz CT molecular complexity index is 778. The van der Waals surface area contributed by atoms with Crippen molar-refractivity contribution in [2.24, 2.45) is 0 Å². The second-order valence-corrected chi connectivity index (χ2v) is 7.35. The molecule has 1 heterocycles. The fraction of sp³-hybridized carbons (Fsp3) is 0.478. The van der Waals surface area contributed by atoms with Gasteiger partial charge >= 0.3 is 0 Å². The predicted octanol–water partition coefficient (Wildman–Crippen LogP) is 3.73. The summed E-state index contributed by atoms with van der Waals surface area (Å²) < 4.78 is 16.5. The molecule has 1 fully saturated rings. The summed E-state index contributed by atoms with van der Waals surface area (Å²) in [5.41, 5.74) is 3.93. The van der Waals surface area contributed by atoms with Gasteiger partial charge in [0.05, 0.1) is 21.3 Å². The van der Waals surface area contributed by atoms with Gasteiger partial charge in [0.25, 0.3) is 0 Å². The minimum absolute atomic E-state index is 0.698. The van der Waals surface area contributed by atoms with Crippen LogP contribution in [-0.4, -0.2) is 57.3 Å². The second kappa shape index (κ2) is 9.80. The molecule has 0 saturated carbocycles. The Morgan fingerprint density at radius 2 is 1.29 bits per heavy atom. The van der Waals surface area contributed by atoms with Crippen molar-refractivity contribution in [3.8, 4) is 17.2 Å². The molecule has 0 radical (unpaired) electrons. The van der Waals surface area contributed by atoms with Gasteiger partial charge in [-0.05, 0) is 43.6 Å². The Labute approximate surface area is 168 Å².